The monoisotopic (exact) mass is 561 g/mol. The van der Waals surface area contributed by atoms with E-state index in [1.54, 1.807) is 48.5 Å². The molecule has 0 bridgehead atoms. The Kier molecular flexibility index (Phi) is 9.11. The van der Waals surface area contributed by atoms with Gasteiger partial charge in [0.1, 0.15) is 28.9 Å². The number of aromatic nitrogens is 1. The van der Waals surface area contributed by atoms with Crippen molar-refractivity contribution in [3.63, 3.8) is 0 Å². The first kappa shape index (κ1) is 27.7. The molecule has 0 radical (unpaired) electrons. The molecular weight excluding hydrogens is 533 g/mol. The lowest BCUT2D eigenvalue weighted by Crippen LogP contribution is -2.48. The number of methoxy groups -OCH3 is 1. The molecule has 0 saturated carbocycles. The number of hydrogen-bond acceptors (Lipinski definition) is 7. The quantitative estimate of drug-likeness (QED) is 0.390. The van der Waals surface area contributed by atoms with Gasteiger partial charge in [0.2, 0.25) is 0 Å². The zero-order valence-corrected chi connectivity index (χ0v) is 22.9. The van der Waals surface area contributed by atoms with Gasteiger partial charge in [0, 0.05) is 58.0 Å². The van der Waals surface area contributed by atoms with Gasteiger partial charge in [0.05, 0.1) is 28.4 Å². The molecule has 202 valence electrons. The van der Waals surface area contributed by atoms with Crippen LogP contribution in [-0.4, -0.2) is 87.3 Å². The third kappa shape index (κ3) is 6.21. The van der Waals surface area contributed by atoms with Gasteiger partial charge in [-0.3, -0.25) is 9.78 Å². The van der Waals surface area contributed by atoms with E-state index in [-0.39, 0.29) is 34.3 Å². The van der Waals surface area contributed by atoms with E-state index in [0.717, 1.165) is 13.1 Å². The number of carbonyl (C=O) groups is 2. The predicted molar refractivity (Wildman–Crippen MR) is 147 cm³/mol. The molecule has 2 heterocycles. The molecule has 0 atom stereocenters. The van der Waals surface area contributed by atoms with Crippen molar-refractivity contribution in [2.24, 2.45) is 0 Å². The number of rotatable bonds is 8. The number of anilines is 1. The summed E-state index contributed by atoms with van der Waals surface area (Å²) in [5.74, 6) is 0.746. The van der Waals surface area contributed by atoms with Gasteiger partial charge in [-0.2, -0.15) is 0 Å². The Bertz CT molecular complexity index is 1330. The molecule has 10 nitrogen and oxygen atoms in total. The maximum atomic E-state index is 12.7. The van der Waals surface area contributed by atoms with Crippen molar-refractivity contribution in [2.75, 3.05) is 65.9 Å². The van der Waals surface area contributed by atoms with Crippen LogP contribution in [-0.2, 0) is 4.74 Å². The first-order valence-corrected chi connectivity index (χ1v) is 12.7. The second kappa shape index (κ2) is 12.5. The van der Waals surface area contributed by atoms with Gasteiger partial charge >= 0.3 is 6.03 Å². The van der Waals surface area contributed by atoms with Gasteiger partial charge in [-0.05, 0) is 31.3 Å². The molecule has 1 fully saturated rings. The van der Waals surface area contributed by atoms with Gasteiger partial charge in [-0.25, -0.2) is 4.79 Å². The fourth-order valence-electron chi connectivity index (χ4n) is 3.93. The average molecular weight is 562 g/mol. The summed E-state index contributed by atoms with van der Waals surface area (Å²) in [7, 11) is 5.13. The van der Waals surface area contributed by atoms with E-state index in [4.69, 9.17) is 37.4 Å². The van der Waals surface area contributed by atoms with Gasteiger partial charge in [0.15, 0.2) is 0 Å². The number of nitrogens with zero attached hydrogens (tertiary/aromatic N) is 3. The maximum Gasteiger partial charge on any atom is 0.321 e. The normalized spacial score (nSPS) is 13.9. The molecule has 0 unspecified atom stereocenters. The molecule has 0 spiro atoms. The van der Waals surface area contributed by atoms with Crippen LogP contribution in [0.25, 0.3) is 10.9 Å². The number of pyridine rings is 1. The van der Waals surface area contributed by atoms with Gasteiger partial charge in [0.25, 0.3) is 5.91 Å². The fourth-order valence-corrected chi connectivity index (χ4v) is 4.34. The number of nitrogens with one attached hydrogen (secondary N) is 2. The third-order valence-electron chi connectivity index (χ3n) is 6.12. The van der Waals surface area contributed by atoms with Crippen LogP contribution in [0.4, 0.5) is 10.5 Å². The van der Waals surface area contributed by atoms with Crippen molar-refractivity contribution < 1.29 is 23.8 Å². The summed E-state index contributed by atoms with van der Waals surface area (Å²) in [6.07, 6.45) is 1.58. The summed E-state index contributed by atoms with van der Waals surface area (Å²) in [6, 6.07) is 8.01. The van der Waals surface area contributed by atoms with Gasteiger partial charge in [-0.1, -0.05) is 23.2 Å². The summed E-state index contributed by atoms with van der Waals surface area (Å²) in [4.78, 5) is 33.6. The Morgan fingerprint density at radius 2 is 1.76 bits per heavy atom. The van der Waals surface area contributed by atoms with Crippen LogP contribution >= 0.6 is 23.2 Å². The molecule has 1 aromatic heterocycles. The number of ether oxygens (including phenoxy) is 3. The van der Waals surface area contributed by atoms with Crippen molar-refractivity contribution in [3.05, 3.63) is 52.1 Å². The van der Waals surface area contributed by atoms with E-state index >= 15 is 0 Å². The Morgan fingerprint density at radius 3 is 2.47 bits per heavy atom. The highest BCUT2D eigenvalue weighted by Crippen LogP contribution is 2.41. The van der Waals surface area contributed by atoms with Crippen molar-refractivity contribution in [3.8, 4) is 17.2 Å². The molecule has 12 heteroatoms. The van der Waals surface area contributed by atoms with Gasteiger partial charge in [-0.15, -0.1) is 0 Å². The number of piperazine rings is 1. The van der Waals surface area contributed by atoms with Crippen LogP contribution in [0.2, 0.25) is 10.0 Å². The molecule has 38 heavy (non-hydrogen) atoms. The van der Waals surface area contributed by atoms with E-state index in [2.05, 4.69) is 20.5 Å². The Balaban J connectivity index is 1.59. The van der Waals surface area contributed by atoms with Crippen LogP contribution < -0.4 is 20.1 Å². The van der Waals surface area contributed by atoms with E-state index in [0.29, 0.717) is 53.3 Å². The lowest BCUT2D eigenvalue weighted by molar-refractivity contribution is 0.0955. The highest BCUT2D eigenvalue weighted by molar-refractivity contribution is 6.44. The SMILES string of the molecule is CNC(=O)c1cc2c(Oc3ccc(NC(=O)N4CCN(C)CC4)c(Cl)c3Cl)ccnc2cc1OCCOC. The molecule has 4 rings (SSSR count). The maximum absolute atomic E-state index is 12.7. The fraction of sp³-hybridized carbons (Fsp3) is 0.346. The number of benzene rings is 2. The molecular formula is C26H29Cl2N5O5. The topological polar surface area (TPSA) is 105 Å². The predicted octanol–water partition coefficient (Wildman–Crippen LogP) is 4.50. The molecule has 2 N–H and O–H groups in total. The number of halogens is 2. The van der Waals surface area contributed by atoms with E-state index in [1.165, 1.54) is 7.05 Å². The highest BCUT2D eigenvalue weighted by atomic mass is 35.5. The summed E-state index contributed by atoms with van der Waals surface area (Å²) in [5.41, 5.74) is 1.26. The van der Waals surface area contributed by atoms with E-state index < -0.39 is 0 Å². The minimum absolute atomic E-state index is 0.138. The second-order valence-corrected chi connectivity index (χ2v) is 9.41. The number of hydrogen-bond donors (Lipinski definition) is 2. The number of urea groups is 1. The first-order chi connectivity index (χ1) is 18.3. The molecule has 1 aliphatic rings. The average Bonchev–Trinajstić information content (AvgIpc) is 2.92. The summed E-state index contributed by atoms with van der Waals surface area (Å²) in [5, 5.41) is 6.32. The minimum atomic E-state index is -0.323. The van der Waals surface area contributed by atoms with Crippen LogP contribution in [0.5, 0.6) is 17.2 Å². The van der Waals surface area contributed by atoms with E-state index in [1.807, 2.05) is 7.05 Å². The zero-order valence-electron chi connectivity index (χ0n) is 21.3. The van der Waals surface area contributed by atoms with Crippen LogP contribution in [0, 0.1) is 0 Å². The Morgan fingerprint density at radius 1 is 1.00 bits per heavy atom. The molecule has 2 aromatic carbocycles. The smallest absolute Gasteiger partial charge is 0.321 e. The summed E-state index contributed by atoms with van der Waals surface area (Å²) in [6.45, 7) is 3.50. The van der Waals surface area contributed by atoms with Gasteiger partial charge < -0.3 is 34.6 Å². The van der Waals surface area contributed by atoms with Crippen molar-refractivity contribution in [1.29, 1.82) is 0 Å². The zero-order chi connectivity index (χ0) is 27.2. The lowest BCUT2D eigenvalue weighted by Gasteiger charge is -2.32. The lowest BCUT2D eigenvalue weighted by atomic mass is 10.1. The summed E-state index contributed by atoms with van der Waals surface area (Å²) >= 11 is 13.1. The molecule has 1 aliphatic heterocycles. The number of fused-ring (bicyclic) bond motifs is 1. The summed E-state index contributed by atoms with van der Waals surface area (Å²) < 4.78 is 16.9. The Hall–Kier alpha value is -3.31. The molecule has 0 aliphatic carbocycles. The van der Waals surface area contributed by atoms with Crippen LogP contribution in [0.3, 0.4) is 0 Å². The number of amides is 3. The Labute approximate surface area is 230 Å². The second-order valence-electron chi connectivity index (χ2n) is 8.66. The highest BCUT2D eigenvalue weighted by Gasteiger charge is 2.22. The first-order valence-electron chi connectivity index (χ1n) is 12.0. The minimum Gasteiger partial charge on any atom is -0.490 e. The number of carbonyl (C=O) groups excluding carboxylic acids is 2. The van der Waals surface area contributed by atoms with Crippen molar-refractivity contribution in [2.45, 2.75) is 0 Å². The standard InChI is InChI=1S/C26H29Cl2N5O5/c1-29-25(34)17-14-16-19(15-22(17)37-13-12-36-3)30-7-6-20(16)38-21-5-4-18(23(27)24(21)28)31-26(35)33-10-8-32(2)9-11-33/h4-7,14-15H,8-13H2,1-3H3,(H,29,34)(H,31,35). The number of likely N-dealkylation sites (N-methyl/N-ethyl adjacent to an activating group) is 1. The molecule has 3 amide bonds. The van der Waals surface area contributed by atoms with Crippen LogP contribution in [0.15, 0.2) is 36.5 Å². The molecule has 3 aromatic rings. The third-order valence-corrected chi connectivity index (χ3v) is 6.98. The van der Waals surface area contributed by atoms with Crippen LogP contribution in [0.1, 0.15) is 10.4 Å². The molecule has 1 saturated heterocycles. The van der Waals surface area contributed by atoms with Crippen molar-refractivity contribution >= 4 is 51.7 Å². The van der Waals surface area contributed by atoms with E-state index in [9.17, 15) is 9.59 Å². The van der Waals surface area contributed by atoms with Crippen molar-refractivity contribution in [1.82, 2.24) is 20.1 Å². The largest absolute Gasteiger partial charge is 0.490 e.